The monoisotopic (exact) mass is 244 g/mol. The van der Waals surface area contributed by atoms with E-state index in [1.807, 2.05) is 0 Å². The highest BCUT2D eigenvalue weighted by molar-refractivity contribution is 8.00. The molecule has 7 heteroatoms. The standard InChI is InChI=1S/C9H12N2O4S/c12-6-2-1-4(10-6)7(13)8-11-5(3-16-8)9(14)15/h4-5,8,11H,1-3H2,(H,10,12)(H,14,15)/t4?,5?,8-/m0/s1. The van der Waals surface area contributed by atoms with Crippen molar-refractivity contribution in [3.8, 4) is 0 Å². The Bertz CT molecular complexity index is 346. The second-order valence-corrected chi connectivity index (χ2v) is 4.97. The Balaban J connectivity index is 1.92. The van der Waals surface area contributed by atoms with Gasteiger partial charge in [-0.3, -0.25) is 19.7 Å². The Morgan fingerprint density at radius 2 is 2.12 bits per heavy atom. The van der Waals surface area contributed by atoms with Crippen molar-refractivity contribution < 1.29 is 19.5 Å². The fourth-order valence-corrected chi connectivity index (χ4v) is 3.00. The largest absolute Gasteiger partial charge is 0.480 e. The number of ketones is 1. The van der Waals surface area contributed by atoms with Gasteiger partial charge in [0.25, 0.3) is 0 Å². The van der Waals surface area contributed by atoms with Gasteiger partial charge in [-0.1, -0.05) is 0 Å². The molecule has 0 radical (unpaired) electrons. The number of Topliss-reactive ketones (excluding diaryl/α,β-unsaturated/α-hetero) is 1. The molecular weight excluding hydrogens is 232 g/mol. The third kappa shape index (κ3) is 2.19. The molecule has 2 fully saturated rings. The molecule has 3 N–H and O–H groups in total. The summed E-state index contributed by atoms with van der Waals surface area (Å²) in [6.07, 6.45) is 0.879. The van der Waals surface area contributed by atoms with Gasteiger partial charge in [0, 0.05) is 12.2 Å². The summed E-state index contributed by atoms with van der Waals surface area (Å²) in [7, 11) is 0. The van der Waals surface area contributed by atoms with Crippen LogP contribution in [0.1, 0.15) is 12.8 Å². The number of carbonyl (C=O) groups excluding carboxylic acids is 2. The quantitative estimate of drug-likeness (QED) is 0.586. The lowest BCUT2D eigenvalue weighted by Crippen LogP contribution is -2.46. The van der Waals surface area contributed by atoms with E-state index in [1.165, 1.54) is 11.8 Å². The molecule has 6 nitrogen and oxygen atoms in total. The van der Waals surface area contributed by atoms with Crippen LogP contribution in [0.5, 0.6) is 0 Å². The lowest BCUT2D eigenvalue weighted by Gasteiger charge is -2.14. The number of carboxylic acids is 1. The van der Waals surface area contributed by atoms with Gasteiger partial charge in [-0.25, -0.2) is 0 Å². The van der Waals surface area contributed by atoms with Gasteiger partial charge in [-0.05, 0) is 6.42 Å². The summed E-state index contributed by atoms with van der Waals surface area (Å²) in [5, 5.41) is 13.6. The van der Waals surface area contributed by atoms with Crippen molar-refractivity contribution in [3.05, 3.63) is 0 Å². The normalized spacial score (nSPS) is 33.8. The first kappa shape index (κ1) is 11.4. The van der Waals surface area contributed by atoms with Crippen LogP contribution in [0.15, 0.2) is 0 Å². The van der Waals surface area contributed by atoms with Crippen LogP contribution in [0.4, 0.5) is 0 Å². The molecular formula is C9H12N2O4S. The number of rotatable bonds is 3. The Morgan fingerprint density at radius 1 is 1.38 bits per heavy atom. The Hall–Kier alpha value is -1.08. The zero-order valence-corrected chi connectivity index (χ0v) is 9.25. The number of aliphatic carboxylic acids is 1. The fraction of sp³-hybridized carbons (Fsp3) is 0.667. The molecule has 2 saturated heterocycles. The molecule has 88 valence electrons. The molecule has 0 aromatic carbocycles. The summed E-state index contributed by atoms with van der Waals surface area (Å²) >= 11 is 1.28. The summed E-state index contributed by atoms with van der Waals surface area (Å²) in [6.45, 7) is 0. The minimum atomic E-state index is -0.946. The highest BCUT2D eigenvalue weighted by Crippen LogP contribution is 2.22. The van der Waals surface area contributed by atoms with Crippen LogP contribution in [0, 0.1) is 0 Å². The maximum Gasteiger partial charge on any atom is 0.321 e. The van der Waals surface area contributed by atoms with E-state index in [0.29, 0.717) is 18.6 Å². The molecule has 16 heavy (non-hydrogen) atoms. The average molecular weight is 244 g/mol. The molecule has 0 aromatic rings. The van der Waals surface area contributed by atoms with Crippen molar-refractivity contribution >= 4 is 29.4 Å². The Morgan fingerprint density at radius 3 is 2.62 bits per heavy atom. The van der Waals surface area contributed by atoms with Gasteiger partial charge in [-0.15, -0.1) is 11.8 Å². The van der Waals surface area contributed by atoms with E-state index >= 15 is 0 Å². The first-order valence-electron chi connectivity index (χ1n) is 5.01. The molecule has 2 aliphatic heterocycles. The van der Waals surface area contributed by atoms with Gasteiger partial charge in [0.05, 0.1) is 6.04 Å². The smallest absolute Gasteiger partial charge is 0.321 e. The van der Waals surface area contributed by atoms with Gasteiger partial charge in [-0.2, -0.15) is 0 Å². The number of carbonyl (C=O) groups is 3. The summed E-state index contributed by atoms with van der Waals surface area (Å²) in [5.74, 6) is -0.805. The lowest BCUT2D eigenvalue weighted by atomic mass is 10.1. The van der Waals surface area contributed by atoms with E-state index in [1.54, 1.807) is 0 Å². The van der Waals surface area contributed by atoms with Crippen LogP contribution in [0.2, 0.25) is 0 Å². The number of thioether (sulfide) groups is 1. The van der Waals surface area contributed by atoms with Gasteiger partial charge in [0.1, 0.15) is 11.4 Å². The van der Waals surface area contributed by atoms with Crippen LogP contribution < -0.4 is 10.6 Å². The minimum Gasteiger partial charge on any atom is -0.480 e. The number of hydrogen-bond acceptors (Lipinski definition) is 5. The SMILES string of the molecule is O=C1CCC(C(=O)[C@H]2NC(C(=O)O)CS2)N1. The highest BCUT2D eigenvalue weighted by Gasteiger charge is 2.38. The molecule has 2 aliphatic rings. The van der Waals surface area contributed by atoms with Crippen LogP contribution in [0.25, 0.3) is 0 Å². The van der Waals surface area contributed by atoms with Crippen LogP contribution in [-0.2, 0) is 14.4 Å². The van der Waals surface area contributed by atoms with E-state index in [0.717, 1.165) is 0 Å². The second kappa shape index (κ2) is 4.42. The lowest BCUT2D eigenvalue weighted by molar-refractivity contribution is -0.138. The van der Waals surface area contributed by atoms with E-state index in [-0.39, 0.29) is 11.7 Å². The van der Waals surface area contributed by atoms with Crippen molar-refractivity contribution in [1.29, 1.82) is 0 Å². The van der Waals surface area contributed by atoms with Gasteiger partial charge in [0.2, 0.25) is 5.91 Å². The molecule has 3 atom stereocenters. The van der Waals surface area contributed by atoms with Crippen LogP contribution in [0.3, 0.4) is 0 Å². The van der Waals surface area contributed by atoms with E-state index in [9.17, 15) is 14.4 Å². The molecule has 2 heterocycles. The molecule has 0 aromatic heterocycles. The number of amides is 1. The third-order valence-corrected chi connectivity index (χ3v) is 3.90. The minimum absolute atomic E-state index is 0.115. The zero-order valence-electron chi connectivity index (χ0n) is 8.43. The maximum atomic E-state index is 11.9. The summed E-state index contributed by atoms with van der Waals surface area (Å²) in [5.41, 5.74) is 0. The Labute approximate surface area is 96.1 Å². The predicted molar refractivity (Wildman–Crippen MR) is 57.0 cm³/mol. The fourth-order valence-electron chi connectivity index (χ4n) is 1.79. The van der Waals surface area contributed by atoms with Crippen molar-refractivity contribution in [2.45, 2.75) is 30.3 Å². The van der Waals surface area contributed by atoms with Gasteiger partial charge < -0.3 is 10.4 Å². The average Bonchev–Trinajstić information content (AvgIpc) is 2.84. The zero-order chi connectivity index (χ0) is 11.7. The summed E-state index contributed by atoms with van der Waals surface area (Å²) in [4.78, 5) is 33.5. The van der Waals surface area contributed by atoms with Crippen LogP contribution >= 0.6 is 11.8 Å². The molecule has 2 unspecified atom stereocenters. The summed E-state index contributed by atoms with van der Waals surface area (Å²) < 4.78 is 0. The molecule has 1 amide bonds. The van der Waals surface area contributed by atoms with E-state index in [2.05, 4.69) is 10.6 Å². The Kier molecular flexibility index (Phi) is 3.15. The van der Waals surface area contributed by atoms with Crippen molar-refractivity contribution in [1.82, 2.24) is 10.6 Å². The van der Waals surface area contributed by atoms with E-state index < -0.39 is 23.4 Å². The number of carboxylic acid groups (broad SMARTS) is 1. The molecule has 0 bridgehead atoms. The predicted octanol–water partition coefficient (Wildman–Crippen LogP) is -1.05. The molecule has 2 rings (SSSR count). The van der Waals surface area contributed by atoms with Gasteiger partial charge >= 0.3 is 5.97 Å². The second-order valence-electron chi connectivity index (χ2n) is 3.83. The van der Waals surface area contributed by atoms with Crippen molar-refractivity contribution in [2.24, 2.45) is 0 Å². The van der Waals surface area contributed by atoms with Gasteiger partial charge in [0.15, 0.2) is 5.78 Å². The molecule has 0 aliphatic carbocycles. The summed E-state index contributed by atoms with van der Waals surface area (Å²) in [6, 6.07) is -1.12. The first-order chi connectivity index (χ1) is 7.58. The van der Waals surface area contributed by atoms with Crippen LogP contribution in [-0.4, -0.2) is 46.0 Å². The number of nitrogens with one attached hydrogen (secondary N) is 2. The highest BCUT2D eigenvalue weighted by atomic mass is 32.2. The topological polar surface area (TPSA) is 95.5 Å². The number of hydrogen-bond donors (Lipinski definition) is 3. The van der Waals surface area contributed by atoms with Crippen molar-refractivity contribution in [3.63, 3.8) is 0 Å². The van der Waals surface area contributed by atoms with Crippen molar-refractivity contribution in [2.75, 3.05) is 5.75 Å². The maximum absolute atomic E-state index is 11.9. The molecule has 0 saturated carbocycles. The van der Waals surface area contributed by atoms with E-state index in [4.69, 9.17) is 5.11 Å². The molecule has 0 spiro atoms. The third-order valence-electron chi connectivity index (χ3n) is 2.68. The first-order valence-corrected chi connectivity index (χ1v) is 6.06.